The van der Waals surface area contributed by atoms with Gasteiger partial charge in [0.25, 0.3) is 5.56 Å². The number of rotatable bonds is 4. The minimum atomic E-state index is -0.445. The monoisotopic (exact) mass is 386 g/mol. The van der Waals surface area contributed by atoms with Crippen molar-refractivity contribution >= 4 is 23.0 Å². The number of aromatic nitrogens is 1. The van der Waals surface area contributed by atoms with Crippen molar-refractivity contribution in [3.63, 3.8) is 0 Å². The second-order valence-corrected chi connectivity index (χ2v) is 6.82. The number of azo groups is 1. The van der Waals surface area contributed by atoms with Crippen LogP contribution in [0.1, 0.15) is 42.9 Å². The standard InChI is InChI=1S/C19H19ClN4O3/c1-11-14(10-21)18(25)24(13-5-3-4-6-13)19(26)17(11)23-22-12-7-8-16(27-2)15(20)9-12/h7-9,13,25H,3-6H2,1-2H3. The number of nitrogens with zero attached hydrogens (tertiary/aromatic N) is 4. The summed E-state index contributed by atoms with van der Waals surface area (Å²) in [5, 5.41) is 28.4. The van der Waals surface area contributed by atoms with E-state index in [0.29, 0.717) is 22.0 Å². The first-order chi connectivity index (χ1) is 13.0. The molecule has 0 bridgehead atoms. The van der Waals surface area contributed by atoms with Crippen molar-refractivity contribution in [2.75, 3.05) is 7.11 Å². The van der Waals surface area contributed by atoms with E-state index in [2.05, 4.69) is 10.2 Å². The van der Waals surface area contributed by atoms with Crippen molar-refractivity contribution < 1.29 is 9.84 Å². The molecule has 0 saturated heterocycles. The smallest absolute Gasteiger partial charge is 0.281 e. The van der Waals surface area contributed by atoms with Crippen LogP contribution in [-0.4, -0.2) is 16.8 Å². The molecule has 1 saturated carbocycles. The lowest BCUT2D eigenvalue weighted by molar-refractivity contribution is 0.368. The zero-order valence-electron chi connectivity index (χ0n) is 15.1. The molecule has 1 N–H and O–H groups in total. The van der Waals surface area contributed by atoms with Crippen LogP contribution in [0.5, 0.6) is 11.6 Å². The topological polar surface area (TPSA) is 100.0 Å². The number of methoxy groups -OCH3 is 1. The number of hydrogen-bond acceptors (Lipinski definition) is 6. The highest BCUT2D eigenvalue weighted by molar-refractivity contribution is 6.32. The Bertz CT molecular complexity index is 1000. The second kappa shape index (κ2) is 7.80. The maximum Gasteiger partial charge on any atom is 0.281 e. The summed E-state index contributed by atoms with van der Waals surface area (Å²) in [6, 6.07) is 6.72. The Morgan fingerprint density at radius 1 is 1.33 bits per heavy atom. The minimum absolute atomic E-state index is 0.0446. The zero-order chi connectivity index (χ0) is 19.6. The Labute approximate surface area is 161 Å². The highest BCUT2D eigenvalue weighted by atomic mass is 35.5. The first-order valence-corrected chi connectivity index (χ1v) is 8.99. The van der Waals surface area contributed by atoms with Gasteiger partial charge in [-0.3, -0.25) is 9.36 Å². The summed E-state index contributed by atoms with van der Waals surface area (Å²) >= 11 is 6.08. The fourth-order valence-electron chi connectivity index (χ4n) is 3.36. The summed E-state index contributed by atoms with van der Waals surface area (Å²) in [4.78, 5) is 12.9. The second-order valence-electron chi connectivity index (χ2n) is 6.42. The maximum atomic E-state index is 12.9. The maximum absolute atomic E-state index is 12.9. The van der Waals surface area contributed by atoms with Gasteiger partial charge < -0.3 is 9.84 Å². The van der Waals surface area contributed by atoms with E-state index in [1.165, 1.54) is 11.7 Å². The first kappa shape index (κ1) is 18.9. The number of pyridine rings is 1. The van der Waals surface area contributed by atoms with E-state index < -0.39 is 5.56 Å². The third-order valence-electron chi connectivity index (χ3n) is 4.81. The number of ether oxygens (including phenoxy) is 1. The first-order valence-electron chi connectivity index (χ1n) is 8.61. The highest BCUT2D eigenvalue weighted by Crippen LogP contribution is 2.35. The third-order valence-corrected chi connectivity index (χ3v) is 5.10. The summed E-state index contributed by atoms with van der Waals surface area (Å²) in [7, 11) is 1.51. The molecular formula is C19H19ClN4O3. The molecule has 1 aliphatic carbocycles. The summed E-state index contributed by atoms with van der Waals surface area (Å²) in [6.45, 7) is 1.58. The molecule has 0 atom stereocenters. The normalized spacial score (nSPS) is 14.6. The van der Waals surface area contributed by atoms with Crippen molar-refractivity contribution in [3.05, 3.63) is 44.7 Å². The summed E-state index contributed by atoms with van der Waals surface area (Å²) in [5.41, 5.74) is 0.391. The van der Waals surface area contributed by atoms with Gasteiger partial charge in [0, 0.05) is 11.6 Å². The molecule has 2 aromatic rings. The lowest BCUT2D eigenvalue weighted by Crippen LogP contribution is -2.24. The highest BCUT2D eigenvalue weighted by Gasteiger charge is 2.26. The number of aromatic hydroxyl groups is 1. The molecule has 140 valence electrons. The Morgan fingerprint density at radius 3 is 2.63 bits per heavy atom. The van der Waals surface area contributed by atoms with E-state index in [0.717, 1.165) is 25.7 Å². The van der Waals surface area contributed by atoms with Gasteiger partial charge in [0.2, 0.25) is 5.88 Å². The largest absolute Gasteiger partial charge is 0.495 e. The lowest BCUT2D eigenvalue weighted by Gasteiger charge is -2.18. The van der Waals surface area contributed by atoms with E-state index >= 15 is 0 Å². The molecule has 0 amide bonds. The molecule has 1 aliphatic rings. The predicted molar refractivity (Wildman–Crippen MR) is 102 cm³/mol. The number of halogens is 1. The van der Waals surface area contributed by atoms with E-state index in [1.807, 2.05) is 6.07 Å². The van der Waals surface area contributed by atoms with Crippen LogP contribution in [0.3, 0.4) is 0 Å². The number of hydrogen-bond donors (Lipinski definition) is 1. The molecule has 3 rings (SSSR count). The van der Waals surface area contributed by atoms with Gasteiger partial charge >= 0.3 is 0 Å². The van der Waals surface area contributed by atoms with Crippen molar-refractivity contribution in [3.8, 4) is 17.7 Å². The molecule has 8 heteroatoms. The molecule has 27 heavy (non-hydrogen) atoms. The molecule has 7 nitrogen and oxygen atoms in total. The average molecular weight is 387 g/mol. The lowest BCUT2D eigenvalue weighted by atomic mass is 10.1. The summed E-state index contributed by atoms with van der Waals surface area (Å²) in [6.07, 6.45) is 3.53. The third kappa shape index (κ3) is 3.53. The van der Waals surface area contributed by atoms with Gasteiger partial charge in [-0.2, -0.15) is 10.4 Å². The zero-order valence-corrected chi connectivity index (χ0v) is 15.8. The van der Waals surface area contributed by atoms with Crippen LogP contribution in [-0.2, 0) is 0 Å². The van der Waals surface area contributed by atoms with Crippen molar-refractivity contribution in [1.82, 2.24) is 4.57 Å². The molecule has 1 aromatic heterocycles. The van der Waals surface area contributed by atoms with Gasteiger partial charge in [-0.1, -0.05) is 24.4 Å². The molecule has 0 unspecified atom stereocenters. The van der Waals surface area contributed by atoms with Gasteiger partial charge in [-0.25, -0.2) is 0 Å². The van der Waals surface area contributed by atoms with Crippen LogP contribution < -0.4 is 10.3 Å². The van der Waals surface area contributed by atoms with Crippen LogP contribution >= 0.6 is 11.6 Å². The van der Waals surface area contributed by atoms with Gasteiger partial charge in [0.05, 0.1) is 17.8 Å². The minimum Gasteiger partial charge on any atom is -0.495 e. The predicted octanol–water partition coefficient (Wildman–Crippen LogP) is 4.93. The van der Waals surface area contributed by atoms with Crippen LogP contribution in [0.4, 0.5) is 11.4 Å². The average Bonchev–Trinajstić information content (AvgIpc) is 3.16. The molecule has 0 aliphatic heterocycles. The Balaban J connectivity index is 2.09. The summed E-state index contributed by atoms with van der Waals surface area (Å²) < 4.78 is 6.38. The van der Waals surface area contributed by atoms with Crippen molar-refractivity contribution in [2.45, 2.75) is 38.6 Å². The van der Waals surface area contributed by atoms with Crippen LogP contribution in [0, 0.1) is 18.3 Å². The Morgan fingerprint density at radius 2 is 2.04 bits per heavy atom. The molecule has 1 aromatic carbocycles. The van der Waals surface area contributed by atoms with Crippen molar-refractivity contribution in [2.24, 2.45) is 10.2 Å². The van der Waals surface area contributed by atoms with Crippen molar-refractivity contribution in [1.29, 1.82) is 5.26 Å². The number of nitriles is 1. The molecule has 0 radical (unpaired) electrons. The van der Waals surface area contributed by atoms with Crippen LogP contribution in [0.2, 0.25) is 5.02 Å². The SMILES string of the molecule is COc1ccc(N=Nc2c(C)c(C#N)c(O)n(C3CCCC3)c2=O)cc1Cl. The van der Waals surface area contributed by atoms with Gasteiger partial charge in [0.1, 0.15) is 17.4 Å². The Hall–Kier alpha value is -2.85. The van der Waals surface area contributed by atoms with Crippen LogP contribution in [0.25, 0.3) is 0 Å². The summed E-state index contributed by atoms with van der Waals surface area (Å²) in [5.74, 6) is 0.213. The molecular weight excluding hydrogens is 368 g/mol. The number of benzene rings is 1. The van der Waals surface area contributed by atoms with Gasteiger partial charge in [-0.15, -0.1) is 5.11 Å². The fraction of sp³-hybridized carbons (Fsp3) is 0.368. The van der Waals surface area contributed by atoms with E-state index in [-0.39, 0.29) is 23.2 Å². The van der Waals surface area contributed by atoms with E-state index in [4.69, 9.17) is 16.3 Å². The quantitative estimate of drug-likeness (QED) is 0.753. The Kier molecular flexibility index (Phi) is 5.47. The van der Waals surface area contributed by atoms with Crippen LogP contribution in [0.15, 0.2) is 33.2 Å². The molecule has 1 fully saturated rings. The van der Waals surface area contributed by atoms with Gasteiger partial charge in [-0.05, 0) is 38.0 Å². The van der Waals surface area contributed by atoms with E-state index in [9.17, 15) is 15.2 Å². The molecule has 0 spiro atoms. The molecule has 1 heterocycles. The van der Waals surface area contributed by atoms with E-state index in [1.54, 1.807) is 25.1 Å². The van der Waals surface area contributed by atoms with Gasteiger partial charge in [0.15, 0.2) is 5.69 Å². The fourth-order valence-corrected chi connectivity index (χ4v) is 3.61.